The molecule has 0 aliphatic heterocycles. The molecule has 1 amide bonds. The van der Waals surface area contributed by atoms with Gasteiger partial charge in [-0.3, -0.25) is 4.79 Å². The van der Waals surface area contributed by atoms with Gasteiger partial charge >= 0.3 is 0 Å². The zero-order valence-corrected chi connectivity index (χ0v) is 16.6. The largest absolute Gasteiger partial charge is 0.332 e. The Balaban J connectivity index is 1.64. The SMILES string of the molecule is C=CCn1c(CN(C(=O)Cc2cccc(F)c2)C2CCCC2)nc2ccccc21. The van der Waals surface area contributed by atoms with Crippen molar-refractivity contribution in [3.63, 3.8) is 0 Å². The third kappa shape index (κ3) is 4.24. The van der Waals surface area contributed by atoms with E-state index in [1.165, 1.54) is 12.1 Å². The van der Waals surface area contributed by atoms with Crippen LogP contribution >= 0.6 is 0 Å². The van der Waals surface area contributed by atoms with Gasteiger partial charge in [-0.05, 0) is 42.7 Å². The van der Waals surface area contributed by atoms with Gasteiger partial charge in [-0.2, -0.15) is 0 Å². The molecule has 0 bridgehead atoms. The number of amides is 1. The maximum Gasteiger partial charge on any atom is 0.227 e. The van der Waals surface area contributed by atoms with E-state index >= 15 is 0 Å². The summed E-state index contributed by atoms with van der Waals surface area (Å²) in [6.07, 6.45) is 6.35. The van der Waals surface area contributed by atoms with Crippen molar-refractivity contribution in [3.8, 4) is 0 Å². The van der Waals surface area contributed by atoms with Crippen LogP contribution in [-0.2, 0) is 24.3 Å². The van der Waals surface area contributed by atoms with Crippen LogP contribution in [-0.4, -0.2) is 26.4 Å². The van der Waals surface area contributed by atoms with Gasteiger partial charge in [-0.25, -0.2) is 9.37 Å². The normalized spacial score (nSPS) is 14.4. The molecule has 5 heteroatoms. The van der Waals surface area contributed by atoms with Crippen molar-refractivity contribution in [2.24, 2.45) is 0 Å². The monoisotopic (exact) mass is 391 g/mol. The minimum atomic E-state index is -0.310. The molecular formula is C24H26FN3O. The lowest BCUT2D eigenvalue weighted by Crippen LogP contribution is -2.40. The van der Waals surface area contributed by atoms with Crippen LogP contribution in [0.15, 0.2) is 61.2 Å². The Bertz CT molecular complexity index is 1020. The van der Waals surface area contributed by atoms with Crippen molar-refractivity contribution < 1.29 is 9.18 Å². The fourth-order valence-electron chi connectivity index (χ4n) is 4.29. The first-order valence-corrected chi connectivity index (χ1v) is 10.2. The summed E-state index contributed by atoms with van der Waals surface area (Å²) in [5.74, 6) is 0.584. The van der Waals surface area contributed by atoms with E-state index in [1.807, 2.05) is 35.2 Å². The maximum atomic E-state index is 13.6. The zero-order chi connectivity index (χ0) is 20.2. The average molecular weight is 391 g/mol. The second-order valence-electron chi connectivity index (χ2n) is 7.68. The number of rotatable bonds is 7. The van der Waals surface area contributed by atoms with E-state index in [0.717, 1.165) is 42.5 Å². The van der Waals surface area contributed by atoms with Crippen LogP contribution in [0.4, 0.5) is 4.39 Å². The Kier molecular flexibility index (Phi) is 5.74. The summed E-state index contributed by atoms with van der Waals surface area (Å²) in [5, 5.41) is 0. The molecule has 1 aromatic heterocycles. The van der Waals surface area contributed by atoms with Crippen LogP contribution in [0.3, 0.4) is 0 Å². The molecule has 0 atom stereocenters. The van der Waals surface area contributed by atoms with Crippen molar-refractivity contribution in [2.75, 3.05) is 0 Å². The highest BCUT2D eigenvalue weighted by molar-refractivity contribution is 5.80. The number of nitrogens with zero attached hydrogens (tertiary/aromatic N) is 3. The lowest BCUT2D eigenvalue weighted by molar-refractivity contribution is -0.133. The van der Waals surface area contributed by atoms with Gasteiger partial charge in [0.2, 0.25) is 5.91 Å². The summed E-state index contributed by atoms with van der Waals surface area (Å²) >= 11 is 0. The first-order valence-electron chi connectivity index (χ1n) is 10.2. The Morgan fingerprint density at radius 2 is 2.00 bits per heavy atom. The van der Waals surface area contributed by atoms with Crippen molar-refractivity contribution >= 4 is 16.9 Å². The highest BCUT2D eigenvalue weighted by Gasteiger charge is 2.28. The molecule has 1 aliphatic rings. The van der Waals surface area contributed by atoms with E-state index in [1.54, 1.807) is 12.1 Å². The van der Waals surface area contributed by atoms with E-state index in [9.17, 15) is 9.18 Å². The van der Waals surface area contributed by atoms with Crippen LogP contribution in [0.5, 0.6) is 0 Å². The van der Waals surface area contributed by atoms with E-state index in [4.69, 9.17) is 4.98 Å². The number of benzene rings is 2. The average Bonchev–Trinajstić information content (AvgIpc) is 3.35. The second-order valence-corrected chi connectivity index (χ2v) is 7.68. The molecule has 150 valence electrons. The smallest absolute Gasteiger partial charge is 0.227 e. The van der Waals surface area contributed by atoms with Gasteiger partial charge in [0.15, 0.2) is 0 Å². The Morgan fingerprint density at radius 3 is 2.76 bits per heavy atom. The highest BCUT2D eigenvalue weighted by Crippen LogP contribution is 2.27. The van der Waals surface area contributed by atoms with Gasteiger partial charge in [0, 0.05) is 12.6 Å². The molecular weight excluding hydrogens is 365 g/mol. The Hall–Kier alpha value is -2.95. The van der Waals surface area contributed by atoms with Gasteiger partial charge in [-0.15, -0.1) is 6.58 Å². The molecule has 4 rings (SSSR count). The molecule has 0 radical (unpaired) electrons. The van der Waals surface area contributed by atoms with Gasteiger partial charge in [0.1, 0.15) is 11.6 Å². The van der Waals surface area contributed by atoms with Crippen LogP contribution in [0.25, 0.3) is 11.0 Å². The molecule has 1 aliphatic carbocycles. The van der Waals surface area contributed by atoms with Crippen molar-refractivity contribution in [1.82, 2.24) is 14.5 Å². The first kappa shape index (κ1) is 19.4. The maximum absolute atomic E-state index is 13.6. The third-order valence-corrected chi connectivity index (χ3v) is 5.69. The number of halogens is 1. The molecule has 4 nitrogen and oxygen atoms in total. The molecule has 29 heavy (non-hydrogen) atoms. The van der Waals surface area contributed by atoms with Crippen LogP contribution in [0.2, 0.25) is 0 Å². The summed E-state index contributed by atoms with van der Waals surface area (Å²) < 4.78 is 15.7. The molecule has 1 saturated carbocycles. The standard InChI is InChI=1S/C24H26FN3O/c1-2-14-27-22-13-6-5-12-21(22)26-23(27)17-28(20-10-3-4-11-20)24(29)16-18-8-7-9-19(25)15-18/h2,5-9,12-13,15,20H,1,3-4,10-11,14,16-17H2. The molecule has 2 aromatic carbocycles. The summed E-state index contributed by atoms with van der Waals surface area (Å²) in [5.41, 5.74) is 2.68. The number of para-hydroxylation sites is 2. The van der Waals surface area contributed by atoms with Crippen LogP contribution in [0.1, 0.15) is 37.1 Å². The summed E-state index contributed by atoms with van der Waals surface area (Å²) in [7, 11) is 0. The molecule has 0 N–H and O–H groups in total. The van der Waals surface area contributed by atoms with Gasteiger partial charge in [0.05, 0.1) is 24.0 Å². The van der Waals surface area contributed by atoms with E-state index < -0.39 is 0 Å². The Labute approximate surface area is 170 Å². The Morgan fingerprint density at radius 1 is 1.21 bits per heavy atom. The minimum Gasteiger partial charge on any atom is -0.332 e. The number of hydrogen-bond acceptors (Lipinski definition) is 2. The van der Waals surface area contributed by atoms with Crippen LogP contribution in [0, 0.1) is 5.82 Å². The fourth-order valence-corrected chi connectivity index (χ4v) is 4.29. The summed E-state index contributed by atoms with van der Waals surface area (Å²) in [4.78, 5) is 20.0. The molecule has 0 spiro atoms. The molecule has 0 saturated heterocycles. The lowest BCUT2D eigenvalue weighted by Gasteiger charge is -2.29. The minimum absolute atomic E-state index is 0.0275. The number of hydrogen-bond donors (Lipinski definition) is 0. The van der Waals surface area contributed by atoms with Crippen molar-refractivity contribution in [2.45, 2.75) is 51.2 Å². The topological polar surface area (TPSA) is 38.1 Å². The van der Waals surface area contributed by atoms with Crippen LogP contribution < -0.4 is 0 Å². The summed E-state index contributed by atoms with van der Waals surface area (Å²) in [6.45, 7) is 4.98. The van der Waals surface area contributed by atoms with E-state index in [-0.39, 0.29) is 24.2 Å². The first-order chi connectivity index (χ1) is 14.2. The molecule has 1 heterocycles. The highest BCUT2D eigenvalue weighted by atomic mass is 19.1. The third-order valence-electron chi connectivity index (χ3n) is 5.69. The number of carbonyl (C=O) groups excluding carboxylic acids is 1. The quantitative estimate of drug-likeness (QED) is 0.539. The zero-order valence-electron chi connectivity index (χ0n) is 16.6. The molecule has 3 aromatic rings. The number of carbonyl (C=O) groups is 1. The predicted molar refractivity (Wildman–Crippen MR) is 113 cm³/mol. The second kappa shape index (κ2) is 8.60. The van der Waals surface area contributed by atoms with E-state index in [2.05, 4.69) is 11.1 Å². The van der Waals surface area contributed by atoms with Crippen molar-refractivity contribution in [3.05, 3.63) is 78.4 Å². The van der Waals surface area contributed by atoms with Gasteiger partial charge < -0.3 is 9.47 Å². The van der Waals surface area contributed by atoms with E-state index in [0.29, 0.717) is 18.7 Å². The predicted octanol–water partition coefficient (Wildman–Crippen LogP) is 4.88. The fraction of sp³-hybridized carbons (Fsp3) is 0.333. The molecule has 1 fully saturated rings. The lowest BCUT2D eigenvalue weighted by atomic mass is 10.1. The molecule has 0 unspecified atom stereocenters. The van der Waals surface area contributed by atoms with Gasteiger partial charge in [-0.1, -0.05) is 43.2 Å². The van der Waals surface area contributed by atoms with Gasteiger partial charge in [0.25, 0.3) is 0 Å². The van der Waals surface area contributed by atoms with Crippen molar-refractivity contribution in [1.29, 1.82) is 0 Å². The summed E-state index contributed by atoms with van der Waals surface area (Å²) in [6, 6.07) is 14.5. The number of fused-ring (bicyclic) bond motifs is 1. The number of aromatic nitrogens is 2. The number of imidazole rings is 1. The number of allylic oxidation sites excluding steroid dienone is 1.